The maximum absolute atomic E-state index is 6.29. The Morgan fingerprint density at radius 3 is 2.03 bits per heavy atom. The fraction of sp³-hybridized carbons (Fsp3) is 0.259. The van der Waals surface area contributed by atoms with Gasteiger partial charge < -0.3 is 14.4 Å². The van der Waals surface area contributed by atoms with Gasteiger partial charge in [-0.3, -0.25) is 0 Å². The van der Waals surface area contributed by atoms with E-state index in [2.05, 4.69) is 55.1 Å². The number of para-hydroxylation sites is 2. The molecule has 0 amide bonds. The maximum atomic E-state index is 6.29. The lowest BCUT2D eigenvalue weighted by molar-refractivity contribution is 0.122. The minimum atomic E-state index is -0.0957. The number of morpholine rings is 1. The van der Waals surface area contributed by atoms with Crippen molar-refractivity contribution in [3.63, 3.8) is 0 Å². The molecule has 0 N–H and O–H groups in total. The van der Waals surface area contributed by atoms with Crippen LogP contribution in [0.15, 0.2) is 78.9 Å². The van der Waals surface area contributed by atoms with Crippen LogP contribution in [0.3, 0.4) is 0 Å². The van der Waals surface area contributed by atoms with Crippen LogP contribution in [0.1, 0.15) is 25.0 Å². The normalized spacial score (nSPS) is 14.5. The quantitative estimate of drug-likeness (QED) is 0.417. The fourth-order valence-electron chi connectivity index (χ4n) is 4.10. The minimum Gasteiger partial charge on any atom is -0.436 e. The van der Waals surface area contributed by atoms with E-state index in [1.54, 1.807) is 0 Å². The largest absolute Gasteiger partial charge is 0.436 e. The zero-order valence-electron chi connectivity index (χ0n) is 18.5. The molecule has 2 heterocycles. The standard InChI is InChI=1S/C27H27N3O2/c1-27(2,20-8-4-3-5-9-20)21-12-14-22(15-13-21)32-26-25(30-16-18-31-19-17-30)28-23-10-6-7-11-24(23)29-26/h3-15H,16-19H2,1-2H3. The van der Waals surface area contributed by atoms with Gasteiger partial charge in [-0.2, -0.15) is 0 Å². The summed E-state index contributed by atoms with van der Waals surface area (Å²) < 4.78 is 11.8. The number of aromatic nitrogens is 2. The Balaban J connectivity index is 1.46. The number of nitrogens with zero attached hydrogens (tertiary/aromatic N) is 3. The summed E-state index contributed by atoms with van der Waals surface area (Å²) in [4.78, 5) is 11.9. The predicted octanol–water partition coefficient (Wildman–Crippen LogP) is 5.58. The molecule has 0 radical (unpaired) electrons. The third-order valence-electron chi connectivity index (χ3n) is 6.12. The molecule has 1 aromatic heterocycles. The summed E-state index contributed by atoms with van der Waals surface area (Å²) >= 11 is 0. The van der Waals surface area contributed by atoms with E-state index in [4.69, 9.17) is 19.4 Å². The van der Waals surface area contributed by atoms with Crippen molar-refractivity contribution in [1.29, 1.82) is 0 Å². The van der Waals surface area contributed by atoms with Gasteiger partial charge in [0.25, 0.3) is 5.88 Å². The van der Waals surface area contributed by atoms with E-state index >= 15 is 0 Å². The van der Waals surface area contributed by atoms with Crippen molar-refractivity contribution >= 4 is 16.9 Å². The van der Waals surface area contributed by atoms with Crippen LogP contribution in [0.5, 0.6) is 11.6 Å². The lowest BCUT2D eigenvalue weighted by Crippen LogP contribution is -2.37. The molecule has 1 fully saturated rings. The van der Waals surface area contributed by atoms with Crippen LogP contribution in [-0.4, -0.2) is 36.3 Å². The summed E-state index contributed by atoms with van der Waals surface area (Å²) in [5.74, 6) is 2.04. The molecule has 0 atom stereocenters. The first kappa shape index (κ1) is 20.5. The van der Waals surface area contributed by atoms with Crippen molar-refractivity contribution in [3.8, 4) is 11.6 Å². The Labute approximate surface area is 188 Å². The van der Waals surface area contributed by atoms with E-state index in [1.807, 2.05) is 42.5 Å². The van der Waals surface area contributed by atoms with E-state index in [9.17, 15) is 0 Å². The van der Waals surface area contributed by atoms with Gasteiger partial charge in [0.15, 0.2) is 5.82 Å². The number of rotatable bonds is 5. The van der Waals surface area contributed by atoms with Crippen molar-refractivity contribution in [1.82, 2.24) is 9.97 Å². The molecule has 0 spiro atoms. The second kappa shape index (κ2) is 8.60. The van der Waals surface area contributed by atoms with Crippen LogP contribution in [0.2, 0.25) is 0 Å². The smallest absolute Gasteiger partial charge is 0.263 e. The molecule has 0 saturated carbocycles. The van der Waals surface area contributed by atoms with Crippen molar-refractivity contribution in [3.05, 3.63) is 90.0 Å². The minimum absolute atomic E-state index is 0.0957. The molecule has 4 aromatic rings. The number of fused-ring (bicyclic) bond motifs is 1. The van der Waals surface area contributed by atoms with Crippen LogP contribution < -0.4 is 9.64 Å². The highest BCUT2D eigenvalue weighted by atomic mass is 16.5. The third kappa shape index (κ3) is 4.04. The highest BCUT2D eigenvalue weighted by Crippen LogP contribution is 2.35. The fourth-order valence-corrected chi connectivity index (χ4v) is 4.10. The molecule has 0 aliphatic carbocycles. The maximum Gasteiger partial charge on any atom is 0.263 e. The zero-order valence-corrected chi connectivity index (χ0v) is 18.5. The number of hydrogen-bond donors (Lipinski definition) is 0. The summed E-state index contributed by atoms with van der Waals surface area (Å²) in [5.41, 5.74) is 4.10. The lowest BCUT2D eigenvalue weighted by Gasteiger charge is -2.29. The van der Waals surface area contributed by atoms with E-state index < -0.39 is 0 Å². The first-order chi connectivity index (χ1) is 15.6. The van der Waals surface area contributed by atoms with Gasteiger partial charge in [-0.25, -0.2) is 9.97 Å². The van der Waals surface area contributed by atoms with E-state index in [0.717, 1.165) is 35.7 Å². The molecule has 0 bridgehead atoms. The van der Waals surface area contributed by atoms with Crippen LogP contribution in [0.25, 0.3) is 11.0 Å². The monoisotopic (exact) mass is 425 g/mol. The Kier molecular flexibility index (Phi) is 5.50. The van der Waals surface area contributed by atoms with E-state index in [-0.39, 0.29) is 5.41 Å². The number of benzene rings is 3. The van der Waals surface area contributed by atoms with Crippen LogP contribution in [0.4, 0.5) is 5.82 Å². The molecule has 1 aliphatic rings. The summed E-state index contributed by atoms with van der Waals surface area (Å²) in [6, 6.07) is 26.7. The van der Waals surface area contributed by atoms with Crippen LogP contribution in [0, 0.1) is 0 Å². The molecule has 0 unspecified atom stereocenters. The molecule has 32 heavy (non-hydrogen) atoms. The van der Waals surface area contributed by atoms with Gasteiger partial charge in [0.2, 0.25) is 0 Å². The molecule has 1 saturated heterocycles. The Morgan fingerprint density at radius 1 is 0.750 bits per heavy atom. The van der Waals surface area contributed by atoms with Crippen molar-refractivity contribution in [2.75, 3.05) is 31.2 Å². The van der Waals surface area contributed by atoms with Gasteiger partial charge in [0.05, 0.1) is 24.2 Å². The first-order valence-corrected chi connectivity index (χ1v) is 11.0. The molecular weight excluding hydrogens is 398 g/mol. The Morgan fingerprint density at radius 2 is 1.34 bits per heavy atom. The van der Waals surface area contributed by atoms with Crippen LogP contribution in [-0.2, 0) is 10.2 Å². The zero-order chi connectivity index (χ0) is 22.0. The van der Waals surface area contributed by atoms with Crippen LogP contribution >= 0.6 is 0 Å². The molecule has 1 aliphatic heterocycles. The van der Waals surface area contributed by atoms with Gasteiger partial charge in [0, 0.05) is 18.5 Å². The van der Waals surface area contributed by atoms with Gasteiger partial charge in [-0.1, -0.05) is 68.4 Å². The summed E-state index contributed by atoms with van der Waals surface area (Å²) in [6.45, 7) is 7.38. The SMILES string of the molecule is CC(C)(c1ccccc1)c1ccc(Oc2nc3ccccc3nc2N2CCOCC2)cc1. The predicted molar refractivity (Wildman–Crippen MR) is 128 cm³/mol. The highest BCUT2D eigenvalue weighted by molar-refractivity contribution is 5.77. The number of anilines is 1. The molecule has 5 heteroatoms. The molecule has 162 valence electrons. The average Bonchev–Trinajstić information content (AvgIpc) is 2.85. The molecule has 3 aromatic carbocycles. The third-order valence-corrected chi connectivity index (χ3v) is 6.12. The Bertz CT molecular complexity index is 1200. The molecule has 5 nitrogen and oxygen atoms in total. The van der Waals surface area contributed by atoms with Gasteiger partial charge in [-0.05, 0) is 35.4 Å². The first-order valence-electron chi connectivity index (χ1n) is 11.0. The van der Waals surface area contributed by atoms with Crippen molar-refractivity contribution < 1.29 is 9.47 Å². The second-order valence-corrected chi connectivity index (χ2v) is 8.56. The second-order valence-electron chi connectivity index (χ2n) is 8.56. The molecule has 5 rings (SSSR count). The summed E-state index contributed by atoms with van der Waals surface area (Å²) in [5, 5.41) is 0. The van der Waals surface area contributed by atoms with Gasteiger partial charge in [0.1, 0.15) is 5.75 Å². The van der Waals surface area contributed by atoms with Crippen molar-refractivity contribution in [2.45, 2.75) is 19.3 Å². The van der Waals surface area contributed by atoms with E-state index in [1.165, 1.54) is 11.1 Å². The summed E-state index contributed by atoms with van der Waals surface area (Å²) in [7, 11) is 0. The van der Waals surface area contributed by atoms with Gasteiger partial charge in [-0.15, -0.1) is 0 Å². The summed E-state index contributed by atoms with van der Waals surface area (Å²) in [6.07, 6.45) is 0. The molecular formula is C27H27N3O2. The van der Waals surface area contributed by atoms with Crippen molar-refractivity contribution in [2.24, 2.45) is 0 Å². The lowest BCUT2D eigenvalue weighted by atomic mass is 9.78. The average molecular weight is 426 g/mol. The van der Waals surface area contributed by atoms with Gasteiger partial charge >= 0.3 is 0 Å². The number of hydrogen-bond acceptors (Lipinski definition) is 5. The topological polar surface area (TPSA) is 47.5 Å². The van der Waals surface area contributed by atoms with E-state index in [0.29, 0.717) is 19.1 Å². The number of ether oxygens (including phenoxy) is 2. The highest BCUT2D eigenvalue weighted by Gasteiger charge is 2.24. The Hall–Kier alpha value is -3.44.